The molecule has 1 amide bonds. The summed E-state index contributed by atoms with van der Waals surface area (Å²) in [6.07, 6.45) is -1.12. The van der Waals surface area contributed by atoms with E-state index >= 15 is 0 Å². The first-order valence-corrected chi connectivity index (χ1v) is 9.59. The van der Waals surface area contributed by atoms with E-state index in [9.17, 15) is 28.1 Å². The third-order valence-corrected chi connectivity index (χ3v) is 4.70. The number of benzene rings is 2. The molecular weight excluding hydrogens is 427 g/mol. The number of aromatic nitrogens is 2. The number of nitro benzene ring substituents is 1. The Morgan fingerprint density at radius 1 is 1.19 bits per heavy atom. The number of rotatable bonds is 8. The maximum atomic E-state index is 12.8. The number of hydrogen-bond acceptors (Lipinski definition) is 5. The topological polar surface area (TPSA) is 102 Å². The molecule has 0 spiro atoms. The van der Waals surface area contributed by atoms with E-state index in [1.807, 2.05) is 29.8 Å². The second-order valence-electron chi connectivity index (χ2n) is 7.01. The summed E-state index contributed by atoms with van der Waals surface area (Å²) in [6.45, 7) is 2.56. The van der Waals surface area contributed by atoms with Crippen molar-refractivity contribution in [3.8, 4) is 0 Å². The van der Waals surface area contributed by atoms with Crippen molar-refractivity contribution < 1.29 is 22.9 Å². The van der Waals surface area contributed by atoms with Crippen LogP contribution >= 0.6 is 0 Å². The second-order valence-corrected chi connectivity index (χ2v) is 7.01. The minimum Gasteiger partial charge on any atom is -0.379 e. The van der Waals surface area contributed by atoms with E-state index < -0.39 is 22.4 Å². The number of carbonyl (C=O) groups is 1. The zero-order chi connectivity index (χ0) is 23.3. The van der Waals surface area contributed by atoms with Gasteiger partial charge in [-0.2, -0.15) is 13.2 Å². The summed E-state index contributed by atoms with van der Waals surface area (Å²) < 4.78 is 40.3. The Kier molecular flexibility index (Phi) is 6.76. The van der Waals surface area contributed by atoms with Gasteiger partial charge in [0.05, 0.1) is 10.5 Å². The van der Waals surface area contributed by atoms with Crippen molar-refractivity contribution in [2.75, 3.05) is 17.2 Å². The average molecular weight is 447 g/mol. The van der Waals surface area contributed by atoms with Gasteiger partial charge in [0.1, 0.15) is 11.5 Å². The number of alkyl halides is 3. The van der Waals surface area contributed by atoms with Gasteiger partial charge in [-0.25, -0.2) is 4.98 Å². The van der Waals surface area contributed by atoms with Gasteiger partial charge in [0, 0.05) is 43.7 Å². The molecule has 8 nitrogen and oxygen atoms in total. The highest BCUT2D eigenvalue weighted by atomic mass is 19.4. The lowest BCUT2D eigenvalue weighted by Gasteiger charge is -2.11. The Morgan fingerprint density at radius 3 is 2.50 bits per heavy atom. The predicted molar refractivity (Wildman–Crippen MR) is 112 cm³/mol. The van der Waals surface area contributed by atoms with E-state index in [0.29, 0.717) is 18.3 Å². The fraction of sp³-hybridized carbons (Fsp3) is 0.238. The average Bonchev–Trinajstić information content (AvgIpc) is 3.13. The number of carbonyl (C=O) groups excluding carboxylic acids is 1. The molecule has 1 aromatic heterocycles. The first kappa shape index (κ1) is 22.8. The summed E-state index contributed by atoms with van der Waals surface area (Å²) in [6, 6.07) is 9.47. The molecule has 0 atom stereocenters. The van der Waals surface area contributed by atoms with Crippen LogP contribution in [0.25, 0.3) is 0 Å². The molecule has 1 heterocycles. The van der Waals surface area contributed by atoms with Crippen molar-refractivity contribution in [3.05, 3.63) is 81.9 Å². The molecule has 0 aliphatic rings. The summed E-state index contributed by atoms with van der Waals surface area (Å²) in [5, 5.41) is 16.5. The van der Waals surface area contributed by atoms with Crippen LogP contribution in [-0.2, 0) is 17.5 Å². The van der Waals surface area contributed by atoms with Crippen LogP contribution in [0.15, 0.2) is 54.9 Å². The Hall–Kier alpha value is -3.89. The van der Waals surface area contributed by atoms with Gasteiger partial charge in [-0.05, 0) is 36.8 Å². The zero-order valence-corrected chi connectivity index (χ0v) is 17.0. The number of anilines is 2. The maximum Gasteiger partial charge on any atom is 0.416 e. The van der Waals surface area contributed by atoms with E-state index in [1.54, 1.807) is 18.3 Å². The molecule has 168 valence electrons. The van der Waals surface area contributed by atoms with Crippen LogP contribution in [-0.4, -0.2) is 26.9 Å². The molecule has 0 bridgehead atoms. The summed E-state index contributed by atoms with van der Waals surface area (Å²) in [5.41, 5.74) is -0.292. The smallest absolute Gasteiger partial charge is 0.379 e. The lowest BCUT2D eigenvalue weighted by molar-refractivity contribution is -0.384. The number of aryl methyl sites for hydroxylation is 1. The van der Waals surface area contributed by atoms with Crippen molar-refractivity contribution in [2.45, 2.75) is 26.1 Å². The van der Waals surface area contributed by atoms with Gasteiger partial charge in [0.2, 0.25) is 5.91 Å². The van der Waals surface area contributed by atoms with E-state index in [-0.39, 0.29) is 24.6 Å². The molecule has 2 aromatic carbocycles. The number of amides is 1. The molecule has 0 aliphatic carbocycles. The van der Waals surface area contributed by atoms with Gasteiger partial charge in [-0.1, -0.05) is 12.1 Å². The van der Waals surface area contributed by atoms with Crippen LogP contribution in [0.4, 0.5) is 30.2 Å². The summed E-state index contributed by atoms with van der Waals surface area (Å²) in [5.74, 6) is 0.549. The van der Waals surface area contributed by atoms with Crippen molar-refractivity contribution >= 4 is 23.0 Å². The van der Waals surface area contributed by atoms with E-state index in [4.69, 9.17) is 0 Å². The maximum absolute atomic E-state index is 12.8. The Morgan fingerprint density at radius 2 is 1.91 bits per heavy atom. The highest BCUT2D eigenvalue weighted by Gasteiger charge is 2.33. The number of nitro groups is 1. The fourth-order valence-electron chi connectivity index (χ4n) is 3.00. The van der Waals surface area contributed by atoms with E-state index in [1.165, 1.54) is 0 Å². The molecule has 11 heteroatoms. The Bertz CT molecular complexity index is 1110. The number of halogens is 3. The number of imidazole rings is 1. The molecule has 0 saturated carbocycles. The van der Waals surface area contributed by atoms with Gasteiger partial charge in [0.25, 0.3) is 5.69 Å². The van der Waals surface area contributed by atoms with Crippen LogP contribution in [0.2, 0.25) is 0 Å². The summed E-state index contributed by atoms with van der Waals surface area (Å²) in [7, 11) is 0. The lowest BCUT2D eigenvalue weighted by atomic mass is 10.1. The van der Waals surface area contributed by atoms with Gasteiger partial charge in [-0.3, -0.25) is 14.9 Å². The molecule has 2 N–H and O–H groups in total. The van der Waals surface area contributed by atoms with Crippen LogP contribution in [0.5, 0.6) is 0 Å². The van der Waals surface area contributed by atoms with Gasteiger partial charge < -0.3 is 15.2 Å². The fourth-order valence-corrected chi connectivity index (χ4v) is 3.00. The molecule has 0 radical (unpaired) electrons. The minimum absolute atomic E-state index is 0.00995. The third-order valence-electron chi connectivity index (χ3n) is 4.70. The Balaban J connectivity index is 1.53. The highest BCUT2D eigenvalue weighted by molar-refractivity contribution is 5.91. The van der Waals surface area contributed by atoms with Gasteiger partial charge in [0.15, 0.2) is 0 Å². The van der Waals surface area contributed by atoms with Crippen LogP contribution in [0, 0.1) is 17.0 Å². The molecule has 0 saturated heterocycles. The third kappa shape index (κ3) is 5.84. The summed E-state index contributed by atoms with van der Waals surface area (Å²) >= 11 is 0. The van der Waals surface area contributed by atoms with Crippen LogP contribution in [0.3, 0.4) is 0 Å². The van der Waals surface area contributed by atoms with Crippen molar-refractivity contribution in [2.24, 2.45) is 0 Å². The van der Waals surface area contributed by atoms with E-state index in [0.717, 1.165) is 23.5 Å². The number of nitrogens with zero attached hydrogens (tertiary/aromatic N) is 3. The minimum atomic E-state index is -4.68. The van der Waals surface area contributed by atoms with Crippen LogP contribution in [0.1, 0.15) is 23.4 Å². The molecule has 32 heavy (non-hydrogen) atoms. The van der Waals surface area contributed by atoms with Crippen LogP contribution < -0.4 is 10.6 Å². The Labute approximate surface area is 181 Å². The monoisotopic (exact) mass is 447 g/mol. The molecular formula is C21H20F3N5O3. The quantitative estimate of drug-likeness (QED) is 0.388. The van der Waals surface area contributed by atoms with Crippen molar-refractivity contribution in [1.29, 1.82) is 0 Å². The zero-order valence-electron chi connectivity index (χ0n) is 17.0. The molecule has 0 unspecified atom stereocenters. The van der Waals surface area contributed by atoms with Crippen molar-refractivity contribution in [1.82, 2.24) is 9.55 Å². The van der Waals surface area contributed by atoms with E-state index in [2.05, 4.69) is 15.6 Å². The SMILES string of the molecule is Cc1nccn1Cc1ccc(NC(=O)CCNc2ccc(C(F)(F)F)cc2[N+](=O)[O-])cc1. The van der Waals surface area contributed by atoms with Crippen molar-refractivity contribution in [3.63, 3.8) is 0 Å². The highest BCUT2D eigenvalue weighted by Crippen LogP contribution is 2.34. The molecule has 3 rings (SSSR count). The normalized spacial score (nSPS) is 11.2. The molecule has 3 aromatic rings. The molecule has 0 aliphatic heterocycles. The second kappa shape index (κ2) is 9.50. The first-order chi connectivity index (χ1) is 15.1. The number of hydrogen-bond donors (Lipinski definition) is 2. The van der Waals surface area contributed by atoms with Gasteiger partial charge in [-0.15, -0.1) is 0 Å². The molecule has 0 fully saturated rings. The standard InChI is InChI=1S/C21H20F3N5O3/c1-14-25-10-11-28(14)13-15-2-5-17(6-3-15)27-20(30)8-9-26-18-7-4-16(21(22,23)24)12-19(18)29(31)32/h2-7,10-12,26H,8-9,13H2,1H3,(H,27,30). The van der Waals surface area contributed by atoms with Gasteiger partial charge >= 0.3 is 6.18 Å². The summed E-state index contributed by atoms with van der Waals surface area (Å²) in [4.78, 5) is 26.5. The lowest BCUT2D eigenvalue weighted by Crippen LogP contribution is -2.17. The number of nitrogens with one attached hydrogen (secondary N) is 2. The first-order valence-electron chi connectivity index (χ1n) is 9.59. The largest absolute Gasteiger partial charge is 0.416 e. The predicted octanol–water partition coefficient (Wildman–Crippen LogP) is 4.61.